The molecule has 2 unspecified atom stereocenters. The molecule has 0 amide bonds. The minimum Gasteiger partial charge on any atom is -1.00 e. The molecule has 0 nitrogen and oxygen atoms in total. The monoisotopic (exact) mass is 654 g/mol. The van der Waals surface area contributed by atoms with Crippen LogP contribution in [0.2, 0.25) is 9.45 Å². The molecule has 0 bridgehead atoms. The average Bonchev–Trinajstić information content (AvgIpc) is 3.54. The van der Waals surface area contributed by atoms with Crippen LogP contribution in [-0.4, -0.2) is 0 Å². The summed E-state index contributed by atoms with van der Waals surface area (Å²) in [7, 11) is 0. The predicted molar refractivity (Wildman–Crippen MR) is 178 cm³/mol. The number of halogens is 2. The maximum Gasteiger partial charge on any atom is -1.00 e. The van der Waals surface area contributed by atoms with Gasteiger partial charge in [-0.1, -0.05) is 0 Å². The largest absolute Gasteiger partial charge is 1.00 e. The van der Waals surface area contributed by atoms with Crippen LogP contribution in [0.4, 0.5) is 0 Å². The van der Waals surface area contributed by atoms with Crippen molar-refractivity contribution < 1.29 is 41.4 Å². The first-order chi connectivity index (χ1) is 20.1. The molecule has 4 aromatic carbocycles. The van der Waals surface area contributed by atoms with E-state index in [0.29, 0.717) is 8.45 Å². The van der Waals surface area contributed by atoms with Gasteiger partial charge in [-0.3, -0.25) is 0 Å². The fourth-order valence-corrected chi connectivity index (χ4v) is 18.8. The topological polar surface area (TPSA) is 0 Å². The predicted octanol–water partition coefficient (Wildman–Crippen LogP) is 6.09. The first-order valence-electron chi connectivity index (χ1n) is 15.9. The number of allylic oxidation sites excluding steroid dienone is 2. The Morgan fingerprint density at radius 3 is 1.20 bits per heavy atom. The summed E-state index contributed by atoms with van der Waals surface area (Å²) in [5, 5.41) is 0. The molecule has 0 saturated carbocycles. The van der Waals surface area contributed by atoms with Crippen LogP contribution in [0.1, 0.15) is 78.7 Å². The number of rotatable bonds is 4. The van der Waals surface area contributed by atoms with Crippen molar-refractivity contribution in [3.8, 4) is 22.3 Å². The van der Waals surface area contributed by atoms with Crippen molar-refractivity contribution in [3.63, 3.8) is 0 Å². The van der Waals surface area contributed by atoms with Crippen molar-refractivity contribution >= 4 is 12.2 Å². The minimum absolute atomic E-state index is 0. The SMILES string of the molecule is CC(C)(C)C1=Cc2c(-c3ccccc3)cccc2[CH]1[Ti+2]1([CH]2C(C(C)(C)C)=Cc3c(-c4ccccc4)cccc32)[CH2]C[CH2]1.[Cl-].[Cl-]. The second-order valence-electron chi connectivity index (χ2n) is 15.0. The molecule has 3 aliphatic rings. The first kappa shape index (κ1) is 33.0. The van der Waals surface area contributed by atoms with Gasteiger partial charge in [-0.25, -0.2) is 0 Å². The molecule has 0 spiro atoms. The molecule has 2 aliphatic carbocycles. The van der Waals surface area contributed by atoms with E-state index in [2.05, 4.69) is 151 Å². The summed E-state index contributed by atoms with van der Waals surface area (Å²) in [6.45, 7) is 14.8. The van der Waals surface area contributed by atoms with E-state index in [4.69, 9.17) is 0 Å². The summed E-state index contributed by atoms with van der Waals surface area (Å²) in [5.41, 5.74) is 15.4. The molecule has 1 fully saturated rings. The molecule has 1 saturated heterocycles. The average molecular weight is 656 g/mol. The smallest absolute Gasteiger partial charge is 1.00 e. The summed E-state index contributed by atoms with van der Waals surface area (Å²) >= 11 is -2.64. The third-order valence-electron chi connectivity index (χ3n) is 10.5. The number of fused-ring (bicyclic) bond motifs is 2. The molecule has 226 valence electrons. The van der Waals surface area contributed by atoms with Gasteiger partial charge in [0, 0.05) is 0 Å². The zero-order valence-electron chi connectivity index (χ0n) is 26.9. The maximum absolute atomic E-state index is 2.64. The van der Waals surface area contributed by atoms with Gasteiger partial charge >= 0.3 is 258 Å². The molecule has 4 aromatic rings. The van der Waals surface area contributed by atoms with Crippen LogP contribution in [-0.2, 0) is 16.6 Å². The van der Waals surface area contributed by atoms with Gasteiger partial charge in [0.15, 0.2) is 0 Å². The summed E-state index contributed by atoms with van der Waals surface area (Å²) in [4.78, 5) is 0. The van der Waals surface area contributed by atoms with Crippen LogP contribution in [0.5, 0.6) is 0 Å². The normalized spacial score (nSPS) is 19.1. The molecular weight excluding hydrogens is 611 g/mol. The van der Waals surface area contributed by atoms with Crippen molar-refractivity contribution in [2.24, 2.45) is 10.8 Å². The van der Waals surface area contributed by atoms with Gasteiger partial charge in [0.05, 0.1) is 0 Å². The Hall–Kier alpha value is -2.35. The van der Waals surface area contributed by atoms with Gasteiger partial charge in [0.25, 0.3) is 0 Å². The Morgan fingerprint density at radius 2 is 0.886 bits per heavy atom. The molecule has 0 N–H and O–H groups in total. The van der Waals surface area contributed by atoms with Crippen LogP contribution in [0.15, 0.2) is 108 Å². The molecule has 44 heavy (non-hydrogen) atoms. The van der Waals surface area contributed by atoms with Gasteiger partial charge < -0.3 is 24.8 Å². The number of hydrogen-bond acceptors (Lipinski definition) is 0. The summed E-state index contributed by atoms with van der Waals surface area (Å²) < 4.78 is 4.11. The number of hydrogen-bond donors (Lipinski definition) is 0. The van der Waals surface area contributed by atoms with Crippen LogP contribution in [0.25, 0.3) is 34.4 Å². The van der Waals surface area contributed by atoms with Crippen molar-refractivity contribution in [2.45, 2.75) is 65.9 Å². The van der Waals surface area contributed by atoms with Crippen LogP contribution >= 0.6 is 0 Å². The van der Waals surface area contributed by atoms with Gasteiger partial charge in [0.2, 0.25) is 0 Å². The minimum atomic E-state index is -2.64. The van der Waals surface area contributed by atoms with Gasteiger partial charge in [-0.15, -0.1) is 0 Å². The molecule has 0 radical (unpaired) electrons. The fourth-order valence-electron chi connectivity index (χ4n) is 8.41. The standard InChI is InChI=1S/2C19H19.C3H6.2ClH.Ti/c2*1-19(2,3)16-12-15-10-7-11-17(18(15)13-16)14-8-5-4-6-9-14;1-3-2;;;/h2*4-13H,1-3H3;1-3H2;2*1H;/q;;;;;+2/p-2. The number of benzene rings is 4. The van der Waals surface area contributed by atoms with E-state index in [0.717, 1.165) is 0 Å². The van der Waals surface area contributed by atoms with Crippen molar-refractivity contribution in [1.29, 1.82) is 0 Å². The molecule has 1 heterocycles. The maximum atomic E-state index is 2.64. The van der Waals surface area contributed by atoms with Crippen LogP contribution < -0.4 is 24.8 Å². The molecule has 3 heteroatoms. The van der Waals surface area contributed by atoms with Gasteiger partial charge in [-0.05, 0) is 0 Å². The summed E-state index contributed by atoms with van der Waals surface area (Å²) in [6.07, 6.45) is 6.68. The Kier molecular flexibility index (Phi) is 9.09. The zero-order valence-corrected chi connectivity index (χ0v) is 30.0. The third-order valence-corrected chi connectivity index (χ3v) is 20.0. The van der Waals surface area contributed by atoms with Crippen LogP contribution in [0.3, 0.4) is 0 Å². The fraction of sp³-hybridized carbons (Fsp3) is 0.317. The molecular formula is C41H44Cl2Ti. The van der Waals surface area contributed by atoms with E-state index >= 15 is 0 Å². The Bertz CT molecular complexity index is 1590. The van der Waals surface area contributed by atoms with Crippen molar-refractivity contribution in [2.75, 3.05) is 0 Å². The van der Waals surface area contributed by atoms with E-state index in [-0.39, 0.29) is 35.6 Å². The van der Waals surface area contributed by atoms with Crippen LogP contribution in [0, 0.1) is 10.8 Å². The van der Waals surface area contributed by atoms with Crippen molar-refractivity contribution in [1.82, 2.24) is 0 Å². The quantitative estimate of drug-likeness (QED) is 0.234. The third kappa shape index (κ3) is 5.31. The second-order valence-corrected chi connectivity index (χ2v) is 22.2. The Morgan fingerprint density at radius 1 is 0.500 bits per heavy atom. The van der Waals surface area contributed by atoms with E-state index in [1.54, 1.807) is 22.3 Å². The molecule has 0 aromatic heterocycles. The Balaban J connectivity index is 0.00000192. The van der Waals surface area contributed by atoms with Gasteiger partial charge in [-0.2, -0.15) is 0 Å². The van der Waals surface area contributed by atoms with E-state index < -0.39 is 16.6 Å². The van der Waals surface area contributed by atoms with E-state index in [9.17, 15) is 0 Å². The summed E-state index contributed by atoms with van der Waals surface area (Å²) in [5.74, 6) is 0. The van der Waals surface area contributed by atoms with Crippen molar-refractivity contribution in [3.05, 3.63) is 130 Å². The molecule has 7 rings (SSSR count). The Labute approximate surface area is 281 Å². The van der Waals surface area contributed by atoms with E-state index in [1.807, 2.05) is 0 Å². The molecule has 1 aliphatic heterocycles. The summed E-state index contributed by atoms with van der Waals surface area (Å²) in [6, 6.07) is 36.5. The second kappa shape index (κ2) is 12.1. The van der Waals surface area contributed by atoms with Gasteiger partial charge in [0.1, 0.15) is 0 Å². The van der Waals surface area contributed by atoms with E-state index in [1.165, 1.54) is 49.3 Å². The first-order valence-corrected chi connectivity index (χ1v) is 19.9. The molecule has 2 atom stereocenters. The zero-order chi connectivity index (χ0) is 29.3.